The molecule has 160 valence electrons. The maximum absolute atomic E-state index is 12.8. The summed E-state index contributed by atoms with van der Waals surface area (Å²) in [5.74, 6) is -0.339. The molecule has 5 rings (SSSR count). The fourth-order valence-corrected chi connectivity index (χ4v) is 3.98. The van der Waals surface area contributed by atoms with Gasteiger partial charge in [-0.15, -0.1) is 5.10 Å². The monoisotopic (exact) mass is 490 g/mol. The molecule has 0 saturated carbocycles. The summed E-state index contributed by atoms with van der Waals surface area (Å²) in [5.41, 5.74) is 5.55. The Labute approximate surface area is 191 Å². The third kappa shape index (κ3) is 3.60. The van der Waals surface area contributed by atoms with Crippen LogP contribution < -0.4 is 11.0 Å². The number of nitrogens with one attached hydrogen (secondary N) is 1. The van der Waals surface area contributed by atoms with E-state index in [0.29, 0.717) is 16.9 Å². The minimum atomic E-state index is -0.388. The van der Waals surface area contributed by atoms with Crippen molar-refractivity contribution in [2.45, 2.75) is 20.4 Å². The molecule has 1 amide bonds. The fourth-order valence-electron chi connectivity index (χ4n) is 3.58. The van der Waals surface area contributed by atoms with Crippen LogP contribution in [-0.2, 0) is 11.3 Å². The molecule has 0 aliphatic heterocycles. The zero-order valence-corrected chi connectivity index (χ0v) is 19.0. The van der Waals surface area contributed by atoms with E-state index < -0.39 is 0 Å². The van der Waals surface area contributed by atoms with E-state index in [1.165, 1.54) is 15.5 Å². The normalized spacial score (nSPS) is 11.3. The number of halogens is 1. The Morgan fingerprint density at radius 1 is 1.03 bits per heavy atom. The van der Waals surface area contributed by atoms with Crippen molar-refractivity contribution in [2.75, 3.05) is 5.32 Å². The maximum atomic E-state index is 12.8. The summed E-state index contributed by atoms with van der Waals surface area (Å²) in [4.78, 5) is 25.3. The van der Waals surface area contributed by atoms with Gasteiger partial charge in [-0.25, -0.2) is 18.4 Å². The molecule has 3 heterocycles. The first-order valence-corrected chi connectivity index (χ1v) is 10.8. The highest BCUT2D eigenvalue weighted by molar-refractivity contribution is 9.10. The average Bonchev–Trinajstić information content (AvgIpc) is 3.32. The second kappa shape index (κ2) is 7.76. The van der Waals surface area contributed by atoms with Crippen molar-refractivity contribution in [3.8, 4) is 11.3 Å². The number of aromatic nitrogens is 5. The Morgan fingerprint density at radius 3 is 2.66 bits per heavy atom. The molecule has 2 aromatic carbocycles. The smallest absolute Gasteiger partial charge is 0.324 e. The molecule has 32 heavy (non-hydrogen) atoms. The van der Waals surface area contributed by atoms with E-state index in [0.717, 1.165) is 20.4 Å². The zero-order chi connectivity index (χ0) is 22.4. The second-order valence-corrected chi connectivity index (χ2v) is 8.56. The molecule has 5 aromatic rings. The van der Waals surface area contributed by atoms with Crippen molar-refractivity contribution in [3.05, 3.63) is 87.0 Å². The van der Waals surface area contributed by atoms with Crippen molar-refractivity contribution >= 4 is 38.7 Å². The Morgan fingerprint density at radius 2 is 1.88 bits per heavy atom. The van der Waals surface area contributed by atoms with Gasteiger partial charge in [0.05, 0.1) is 5.69 Å². The molecular formula is C23H19BrN6O2. The van der Waals surface area contributed by atoms with Crippen LogP contribution >= 0.6 is 15.9 Å². The summed E-state index contributed by atoms with van der Waals surface area (Å²) in [6.45, 7) is 3.93. The van der Waals surface area contributed by atoms with Crippen LogP contribution in [0.1, 0.15) is 11.1 Å². The highest BCUT2D eigenvalue weighted by Gasteiger charge is 2.15. The van der Waals surface area contributed by atoms with Gasteiger partial charge in [0.1, 0.15) is 12.1 Å². The molecule has 0 aliphatic rings. The third-order valence-electron chi connectivity index (χ3n) is 5.40. The Hall–Kier alpha value is -3.72. The van der Waals surface area contributed by atoms with Gasteiger partial charge < -0.3 is 5.32 Å². The molecule has 0 fully saturated rings. The van der Waals surface area contributed by atoms with E-state index in [-0.39, 0.29) is 18.1 Å². The molecule has 0 unspecified atom stereocenters. The topological polar surface area (TPSA) is 85.7 Å². The van der Waals surface area contributed by atoms with E-state index in [9.17, 15) is 9.59 Å². The zero-order valence-electron chi connectivity index (χ0n) is 17.4. The summed E-state index contributed by atoms with van der Waals surface area (Å²) in [5, 5.41) is 11.8. The van der Waals surface area contributed by atoms with Gasteiger partial charge >= 0.3 is 5.69 Å². The predicted molar refractivity (Wildman–Crippen MR) is 126 cm³/mol. The number of anilines is 1. The average molecular weight is 491 g/mol. The minimum Gasteiger partial charge on any atom is -0.324 e. The lowest BCUT2D eigenvalue weighted by Crippen LogP contribution is -2.28. The molecule has 9 heteroatoms. The molecule has 0 saturated heterocycles. The van der Waals surface area contributed by atoms with Gasteiger partial charge in [0.2, 0.25) is 5.91 Å². The van der Waals surface area contributed by atoms with Crippen LogP contribution in [0.2, 0.25) is 0 Å². The van der Waals surface area contributed by atoms with Crippen molar-refractivity contribution in [3.63, 3.8) is 0 Å². The van der Waals surface area contributed by atoms with E-state index >= 15 is 0 Å². The van der Waals surface area contributed by atoms with E-state index in [1.807, 2.05) is 24.3 Å². The van der Waals surface area contributed by atoms with Crippen LogP contribution in [-0.4, -0.2) is 29.7 Å². The molecule has 0 spiro atoms. The Bertz CT molecular complexity index is 1560. The van der Waals surface area contributed by atoms with Crippen LogP contribution in [0.3, 0.4) is 0 Å². The van der Waals surface area contributed by atoms with Gasteiger partial charge in [-0.2, -0.15) is 5.10 Å². The lowest BCUT2D eigenvalue weighted by molar-refractivity contribution is -0.117. The number of carbonyl (C=O) groups excluding carboxylic acids is 1. The highest BCUT2D eigenvalue weighted by Crippen LogP contribution is 2.23. The standard InChI is InChI=1S/C23H19BrN6O2/c1-14-6-7-16(10-15(14)2)19-12-20-22-27-30(23(32)28(22)8-9-29(20)26-19)13-21(31)25-18-5-3-4-17(24)11-18/h3-12H,13H2,1-2H3,(H,25,31). The Balaban J connectivity index is 1.50. The summed E-state index contributed by atoms with van der Waals surface area (Å²) in [6.07, 6.45) is 3.32. The number of aryl methyl sites for hydroxylation is 2. The quantitative estimate of drug-likeness (QED) is 0.414. The fraction of sp³-hybridized carbons (Fsp3) is 0.130. The van der Waals surface area contributed by atoms with Crippen molar-refractivity contribution in [1.82, 2.24) is 23.8 Å². The number of amides is 1. The van der Waals surface area contributed by atoms with Crippen molar-refractivity contribution in [1.29, 1.82) is 0 Å². The van der Waals surface area contributed by atoms with E-state index in [2.05, 4.69) is 57.4 Å². The van der Waals surface area contributed by atoms with Gasteiger partial charge in [-0.05, 0) is 55.3 Å². The molecule has 0 bridgehead atoms. The summed E-state index contributed by atoms with van der Waals surface area (Å²) < 4.78 is 5.12. The molecular weight excluding hydrogens is 472 g/mol. The molecule has 3 aromatic heterocycles. The van der Waals surface area contributed by atoms with E-state index in [1.54, 1.807) is 29.0 Å². The SMILES string of the molecule is Cc1ccc(-c2cc3c4nn(CC(=O)Nc5cccc(Br)c5)c(=O)n4ccn3n2)cc1C. The van der Waals surface area contributed by atoms with Crippen molar-refractivity contribution < 1.29 is 4.79 Å². The first-order valence-electron chi connectivity index (χ1n) is 10.00. The molecule has 0 atom stereocenters. The molecule has 0 aliphatic carbocycles. The Kier molecular flexibility index (Phi) is 4.90. The molecule has 1 N–H and O–H groups in total. The van der Waals surface area contributed by atoms with Gasteiger partial charge in [-0.1, -0.05) is 34.1 Å². The van der Waals surface area contributed by atoms with Crippen LogP contribution in [0.15, 0.2) is 70.2 Å². The number of hydrogen-bond acceptors (Lipinski definition) is 4. The predicted octanol–water partition coefficient (Wildman–Crippen LogP) is 3.83. The number of nitrogens with zero attached hydrogens (tertiary/aromatic N) is 5. The van der Waals surface area contributed by atoms with Gasteiger partial charge in [0.25, 0.3) is 0 Å². The van der Waals surface area contributed by atoms with Gasteiger partial charge in [0.15, 0.2) is 5.65 Å². The summed E-state index contributed by atoms with van der Waals surface area (Å²) >= 11 is 3.37. The lowest BCUT2D eigenvalue weighted by atomic mass is 10.0. The van der Waals surface area contributed by atoms with Gasteiger partial charge in [-0.3, -0.25) is 4.79 Å². The summed E-state index contributed by atoms with van der Waals surface area (Å²) in [7, 11) is 0. The first-order chi connectivity index (χ1) is 15.4. The second-order valence-electron chi connectivity index (χ2n) is 7.65. The van der Waals surface area contributed by atoms with Crippen LogP contribution in [0.4, 0.5) is 5.69 Å². The van der Waals surface area contributed by atoms with E-state index in [4.69, 9.17) is 0 Å². The minimum absolute atomic E-state index is 0.197. The largest absolute Gasteiger partial charge is 0.350 e. The van der Waals surface area contributed by atoms with Gasteiger partial charge in [0, 0.05) is 28.1 Å². The maximum Gasteiger partial charge on any atom is 0.350 e. The lowest BCUT2D eigenvalue weighted by Gasteiger charge is -2.04. The number of benzene rings is 2. The summed E-state index contributed by atoms with van der Waals surface area (Å²) in [6, 6.07) is 15.3. The van der Waals surface area contributed by atoms with Crippen LogP contribution in [0, 0.1) is 13.8 Å². The highest BCUT2D eigenvalue weighted by atomic mass is 79.9. The number of fused-ring (bicyclic) bond motifs is 3. The van der Waals surface area contributed by atoms with Crippen LogP contribution in [0.5, 0.6) is 0 Å². The van der Waals surface area contributed by atoms with Crippen molar-refractivity contribution in [2.24, 2.45) is 0 Å². The van der Waals surface area contributed by atoms with Crippen LogP contribution in [0.25, 0.3) is 22.4 Å². The third-order valence-corrected chi connectivity index (χ3v) is 5.89. The number of rotatable bonds is 4. The molecule has 8 nitrogen and oxygen atoms in total. The number of hydrogen-bond donors (Lipinski definition) is 1. The first kappa shape index (κ1) is 20.2. The molecule has 0 radical (unpaired) electrons. The number of carbonyl (C=O) groups is 1.